The maximum absolute atomic E-state index is 12.8. The third-order valence-corrected chi connectivity index (χ3v) is 1.87. The molecule has 1 rings (SSSR count). The molecular formula is C9H12F2N2O. The molecule has 0 amide bonds. The minimum atomic E-state index is -0.976. The molecule has 0 heterocycles. The van der Waals surface area contributed by atoms with E-state index in [0.717, 1.165) is 12.1 Å². The van der Waals surface area contributed by atoms with Crippen LogP contribution in [0, 0.1) is 11.6 Å². The molecule has 4 N–H and O–H groups in total. The van der Waals surface area contributed by atoms with Gasteiger partial charge in [-0.05, 0) is 11.6 Å². The number of benzene rings is 1. The predicted octanol–water partition coefficient (Wildman–Crippen LogP) is 1.19. The molecule has 5 heteroatoms. The highest BCUT2D eigenvalue weighted by Crippen LogP contribution is 2.22. The van der Waals surface area contributed by atoms with Crippen LogP contribution in [0.25, 0.3) is 0 Å². The van der Waals surface area contributed by atoms with Crippen molar-refractivity contribution >= 4 is 5.69 Å². The van der Waals surface area contributed by atoms with Gasteiger partial charge in [-0.2, -0.15) is 0 Å². The van der Waals surface area contributed by atoms with E-state index in [-0.39, 0.29) is 12.3 Å². The Labute approximate surface area is 80.7 Å². The Morgan fingerprint density at radius 2 is 1.93 bits per heavy atom. The van der Waals surface area contributed by atoms with Crippen LogP contribution in [0.1, 0.15) is 11.6 Å². The summed E-state index contributed by atoms with van der Waals surface area (Å²) in [5.74, 6) is -1.93. The standard InChI is InChI=1S/C9H12F2N2O/c1-14-4-9(13)5-2-6(10)7(11)3-8(5)12/h2-3,9H,4,12-13H2,1H3/t9-/m1/s1. The number of hydrogen-bond donors (Lipinski definition) is 2. The summed E-state index contributed by atoms with van der Waals surface area (Å²) < 4.78 is 30.3. The Kier molecular flexibility index (Phi) is 3.38. The number of hydrogen-bond acceptors (Lipinski definition) is 3. The first-order valence-corrected chi connectivity index (χ1v) is 4.05. The van der Waals surface area contributed by atoms with Crippen molar-refractivity contribution in [3.8, 4) is 0 Å². The molecule has 14 heavy (non-hydrogen) atoms. The van der Waals surface area contributed by atoms with E-state index in [1.165, 1.54) is 7.11 Å². The van der Waals surface area contributed by atoms with Crippen molar-refractivity contribution in [2.24, 2.45) is 5.73 Å². The van der Waals surface area contributed by atoms with Crippen molar-refractivity contribution in [3.63, 3.8) is 0 Å². The average molecular weight is 202 g/mol. The number of halogens is 2. The van der Waals surface area contributed by atoms with E-state index in [4.69, 9.17) is 16.2 Å². The molecule has 1 aromatic carbocycles. The average Bonchev–Trinajstić information content (AvgIpc) is 2.11. The van der Waals surface area contributed by atoms with Crippen molar-refractivity contribution in [2.45, 2.75) is 6.04 Å². The Morgan fingerprint density at radius 3 is 2.50 bits per heavy atom. The molecule has 0 aromatic heterocycles. The topological polar surface area (TPSA) is 61.3 Å². The first-order valence-electron chi connectivity index (χ1n) is 4.05. The van der Waals surface area contributed by atoms with E-state index >= 15 is 0 Å². The summed E-state index contributed by atoms with van der Waals surface area (Å²) >= 11 is 0. The molecule has 0 unspecified atom stereocenters. The normalized spacial score (nSPS) is 12.9. The number of nitrogen functional groups attached to an aromatic ring is 1. The smallest absolute Gasteiger partial charge is 0.160 e. The van der Waals surface area contributed by atoms with Gasteiger partial charge < -0.3 is 16.2 Å². The fraction of sp³-hybridized carbons (Fsp3) is 0.333. The van der Waals surface area contributed by atoms with E-state index in [1.807, 2.05) is 0 Å². The lowest BCUT2D eigenvalue weighted by Crippen LogP contribution is -2.18. The second kappa shape index (κ2) is 4.34. The van der Waals surface area contributed by atoms with Crippen molar-refractivity contribution < 1.29 is 13.5 Å². The highest BCUT2D eigenvalue weighted by atomic mass is 19.2. The van der Waals surface area contributed by atoms with Gasteiger partial charge in [-0.3, -0.25) is 0 Å². The van der Waals surface area contributed by atoms with Gasteiger partial charge in [-0.15, -0.1) is 0 Å². The summed E-state index contributed by atoms with van der Waals surface area (Å²) in [6, 6.07) is 1.37. The molecule has 1 atom stereocenters. The third-order valence-electron chi connectivity index (χ3n) is 1.87. The minimum Gasteiger partial charge on any atom is -0.398 e. The lowest BCUT2D eigenvalue weighted by molar-refractivity contribution is 0.181. The fourth-order valence-electron chi connectivity index (χ4n) is 1.17. The molecule has 0 fully saturated rings. The molecule has 0 radical (unpaired) electrons. The largest absolute Gasteiger partial charge is 0.398 e. The second-order valence-corrected chi connectivity index (χ2v) is 2.96. The van der Waals surface area contributed by atoms with Gasteiger partial charge in [0, 0.05) is 18.9 Å². The Balaban J connectivity index is 3.02. The van der Waals surface area contributed by atoms with Crippen molar-refractivity contribution in [2.75, 3.05) is 19.5 Å². The molecule has 1 aromatic rings. The van der Waals surface area contributed by atoms with Crippen LogP contribution in [0.15, 0.2) is 12.1 Å². The van der Waals surface area contributed by atoms with Gasteiger partial charge in [-0.25, -0.2) is 8.78 Å². The molecule has 0 saturated carbocycles. The number of rotatable bonds is 3. The van der Waals surface area contributed by atoms with Gasteiger partial charge in [0.2, 0.25) is 0 Å². The first kappa shape index (κ1) is 10.9. The third kappa shape index (κ3) is 2.18. The van der Waals surface area contributed by atoms with E-state index in [2.05, 4.69) is 0 Å². The maximum atomic E-state index is 12.8. The molecule has 3 nitrogen and oxygen atoms in total. The van der Waals surface area contributed by atoms with Crippen LogP contribution in [0.4, 0.5) is 14.5 Å². The van der Waals surface area contributed by atoms with Crippen LogP contribution < -0.4 is 11.5 Å². The molecule has 0 saturated heterocycles. The predicted molar refractivity (Wildman–Crippen MR) is 49.6 cm³/mol. The molecule has 0 aliphatic heterocycles. The first-order chi connectivity index (χ1) is 6.56. The van der Waals surface area contributed by atoms with Gasteiger partial charge in [-0.1, -0.05) is 0 Å². The number of anilines is 1. The van der Waals surface area contributed by atoms with E-state index in [1.54, 1.807) is 0 Å². The lowest BCUT2D eigenvalue weighted by atomic mass is 10.1. The molecule has 0 aliphatic carbocycles. The van der Waals surface area contributed by atoms with Gasteiger partial charge in [0.1, 0.15) is 0 Å². The fourth-order valence-corrected chi connectivity index (χ4v) is 1.17. The van der Waals surface area contributed by atoms with Crippen molar-refractivity contribution in [1.82, 2.24) is 0 Å². The zero-order chi connectivity index (χ0) is 10.7. The van der Waals surface area contributed by atoms with E-state index in [0.29, 0.717) is 5.56 Å². The summed E-state index contributed by atoms with van der Waals surface area (Å²) in [5, 5.41) is 0. The van der Waals surface area contributed by atoms with Crippen LogP contribution in [-0.4, -0.2) is 13.7 Å². The molecule has 0 bridgehead atoms. The van der Waals surface area contributed by atoms with Crippen LogP contribution >= 0.6 is 0 Å². The summed E-state index contributed by atoms with van der Waals surface area (Å²) in [6.07, 6.45) is 0. The van der Waals surface area contributed by atoms with Gasteiger partial charge in [0.15, 0.2) is 11.6 Å². The summed E-state index contributed by atoms with van der Waals surface area (Å²) in [6.45, 7) is 0.204. The summed E-state index contributed by atoms with van der Waals surface area (Å²) in [7, 11) is 1.47. The molecule has 0 spiro atoms. The van der Waals surface area contributed by atoms with Gasteiger partial charge >= 0.3 is 0 Å². The quantitative estimate of drug-likeness (QED) is 0.724. The van der Waals surface area contributed by atoms with Crippen LogP contribution in [-0.2, 0) is 4.74 Å². The Hall–Kier alpha value is -1.20. The summed E-state index contributed by atoms with van der Waals surface area (Å²) in [5.41, 5.74) is 11.6. The number of methoxy groups -OCH3 is 1. The molecular weight excluding hydrogens is 190 g/mol. The highest BCUT2D eigenvalue weighted by molar-refractivity contribution is 5.49. The van der Waals surface area contributed by atoms with Gasteiger partial charge in [0.25, 0.3) is 0 Å². The number of nitrogens with two attached hydrogens (primary N) is 2. The minimum absolute atomic E-state index is 0.133. The van der Waals surface area contributed by atoms with Crippen molar-refractivity contribution in [3.05, 3.63) is 29.3 Å². The zero-order valence-electron chi connectivity index (χ0n) is 7.76. The maximum Gasteiger partial charge on any atom is 0.160 e. The van der Waals surface area contributed by atoms with E-state index < -0.39 is 17.7 Å². The van der Waals surface area contributed by atoms with E-state index in [9.17, 15) is 8.78 Å². The number of ether oxygens (including phenoxy) is 1. The Bertz CT molecular complexity index is 331. The van der Waals surface area contributed by atoms with Crippen molar-refractivity contribution in [1.29, 1.82) is 0 Å². The highest BCUT2D eigenvalue weighted by Gasteiger charge is 2.13. The van der Waals surface area contributed by atoms with Crippen LogP contribution in [0.5, 0.6) is 0 Å². The van der Waals surface area contributed by atoms with Gasteiger partial charge in [0.05, 0.1) is 12.6 Å². The SMILES string of the molecule is COC[C@@H](N)c1cc(F)c(F)cc1N. The molecule has 78 valence electrons. The second-order valence-electron chi connectivity index (χ2n) is 2.96. The molecule has 0 aliphatic rings. The van der Waals surface area contributed by atoms with Crippen LogP contribution in [0.3, 0.4) is 0 Å². The lowest BCUT2D eigenvalue weighted by Gasteiger charge is -2.13. The zero-order valence-corrected chi connectivity index (χ0v) is 7.76. The summed E-state index contributed by atoms with van der Waals surface area (Å²) in [4.78, 5) is 0. The monoisotopic (exact) mass is 202 g/mol. The van der Waals surface area contributed by atoms with Crippen LogP contribution in [0.2, 0.25) is 0 Å². The Morgan fingerprint density at radius 1 is 1.36 bits per heavy atom.